The largest absolute Gasteiger partial charge is 0.184 e. The SMILES string of the molecule is CCCc1cc2c(-c3ccccc3C)c(C)ccc2[cH-]1.[Cl][Zr+2][Cl].[c-]1cccc2c1[Si]c1ccccc1-2. The minimum Gasteiger partial charge on any atom is -0.184 e. The summed E-state index contributed by atoms with van der Waals surface area (Å²) in [5, 5.41) is 5.60. The maximum Gasteiger partial charge on any atom is 0.0920 e. The van der Waals surface area contributed by atoms with Crippen LogP contribution in [0.4, 0.5) is 0 Å². The zero-order valence-corrected chi connectivity index (χ0v) is 25.8. The van der Waals surface area contributed by atoms with Crippen molar-refractivity contribution in [3.8, 4) is 22.3 Å². The van der Waals surface area contributed by atoms with Crippen molar-refractivity contribution in [1.29, 1.82) is 0 Å². The molecule has 0 fully saturated rings. The van der Waals surface area contributed by atoms with Gasteiger partial charge < -0.3 is 0 Å². The van der Waals surface area contributed by atoms with Gasteiger partial charge in [-0.15, -0.1) is 40.1 Å². The standard InChI is InChI=1S/C20H21.C12H7Si.2ClH.Zr/c1-4-7-16-12-17-11-10-15(3)20(19(17)13-16)18-9-6-5-8-14(18)2;1-3-7-11-9(5-1)10-6-2-4-8-12(10)13-11;;;/h5-6,8-13H,4,7H2,1-3H3;1-7H;2*1H;/q2*-1;;;+4/p-2. The Bertz CT molecular complexity index is 1410. The summed E-state index contributed by atoms with van der Waals surface area (Å²) >= 11 is -0.826. The third-order valence-electron chi connectivity index (χ3n) is 6.44. The van der Waals surface area contributed by atoms with Gasteiger partial charge in [-0.25, -0.2) is 0 Å². The molecule has 0 bridgehead atoms. The summed E-state index contributed by atoms with van der Waals surface area (Å²) in [7, 11) is 10.7. The van der Waals surface area contributed by atoms with Crippen LogP contribution in [0.25, 0.3) is 33.0 Å². The summed E-state index contributed by atoms with van der Waals surface area (Å²) in [6.07, 6.45) is 2.37. The molecule has 0 amide bonds. The molecule has 0 unspecified atom stereocenters. The van der Waals surface area contributed by atoms with E-state index in [-0.39, 0.29) is 0 Å². The molecule has 0 saturated carbocycles. The van der Waals surface area contributed by atoms with Crippen molar-refractivity contribution in [2.75, 3.05) is 0 Å². The van der Waals surface area contributed by atoms with Crippen LogP contribution in [0.15, 0.2) is 91.0 Å². The molecular weight excluding hydrogens is 575 g/mol. The Balaban J connectivity index is 0.000000163. The quantitative estimate of drug-likeness (QED) is 0.141. The van der Waals surface area contributed by atoms with Gasteiger partial charge in [-0.05, 0) is 31.4 Å². The number of hydrogen-bond acceptors (Lipinski definition) is 0. The molecular formula is C32H28Cl2SiZr. The third-order valence-corrected chi connectivity index (χ3v) is 7.81. The fraction of sp³-hybridized carbons (Fsp3) is 0.156. The molecule has 5 aromatic rings. The molecule has 4 heteroatoms. The van der Waals surface area contributed by atoms with Crippen molar-refractivity contribution in [2.24, 2.45) is 0 Å². The summed E-state index contributed by atoms with van der Waals surface area (Å²) in [6, 6.07) is 36.1. The second kappa shape index (κ2) is 13.1. The minimum absolute atomic E-state index is 0.795. The Hall–Kier alpha value is -1.83. The fourth-order valence-electron chi connectivity index (χ4n) is 4.82. The fourth-order valence-corrected chi connectivity index (χ4v) is 6.13. The van der Waals surface area contributed by atoms with Gasteiger partial charge in [0.2, 0.25) is 0 Å². The predicted molar refractivity (Wildman–Crippen MR) is 156 cm³/mol. The molecule has 0 nitrogen and oxygen atoms in total. The molecule has 5 aromatic carbocycles. The molecule has 36 heavy (non-hydrogen) atoms. The van der Waals surface area contributed by atoms with Gasteiger partial charge in [0.25, 0.3) is 0 Å². The molecule has 2 radical (unpaired) electrons. The topological polar surface area (TPSA) is 0 Å². The van der Waals surface area contributed by atoms with E-state index in [4.69, 9.17) is 17.0 Å². The van der Waals surface area contributed by atoms with Crippen molar-refractivity contribution in [1.82, 2.24) is 0 Å². The van der Waals surface area contributed by atoms with E-state index >= 15 is 0 Å². The minimum atomic E-state index is -0.826. The number of halogens is 2. The van der Waals surface area contributed by atoms with Gasteiger partial charge in [-0.3, -0.25) is 0 Å². The zero-order valence-electron chi connectivity index (χ0n) is 20.8. The number of hydrogen-bond donors (Lipinski definition) is 0. The molecule has 0 spiro atoms. The van der Waals surface area contributed by atoms with Gasteiger partial charge in [0.05, 0.1) is 9.52 Å². The summed E-state index contributed by atoms with van der Waals surface area (Å²) in [5.41, 5.74) is 9.71. The van der Waals surface area contributed by atoms with Gasteiger partial charge in [0.1, 0.15) is 0 Å². The summed E-state index contributed by atoms with van der Waals surface area (Å²) in [5.74, 6) is 0. The summed E-state index contributed by atoms with van der Waals surface area (Å²) < 4.78 is 0. The normalized spacial score (nSPS) is 10.9. The predicted octanol–water partition coefficient (Wildman–Crippen LogP) is 8.29. The molecule has 0 N–H and O–H groups in total. The number of rotatable bonds is 3. The number of aryl methyl sites for hydroxylation is 3. The first-order valence-electron chi connectivity index (χ1n) is 12.2. The van der Waals surface area contributed by atoms with Crippen LogP contribution in [0, 0.1) is 19.9 Å². The van der Waals surface area contributed by atoms with Crippen LogP contribution in [0.2, 0.25) is 0 Å². The van der Waals surface area contributed by atoms with E-state index in [9.17, 15) is 0 Å². The molecule has 1 aliphatic rings. The average Bonchev–Trinajstić information content (AvgIpc) is 3.47. The summed E-state index contributed by atoms with van der Waals surface area (Å²) in [6.45, 7) is 6.66. The van der Waals surface area contributed by atoms with Crippen LogP contribution < -0.4 is 10.4 Å². The Kier molecular flexibility index (Phi) is 9.91. The van der Waals surface area contributed by atoms with Crippen molar-refractivity contribution in [3.63, 3.8) is 0 Å². The molecule has 0 aliphatic carbocycles. The maximum atomic E-state index is 4.93. The first-order chi connectivity index (χ1) is 17.6. The Morgan fingerprint density at radius 2 is 1.53 bits per heavy atom. The van der Waals surface area contributed by atoms with Gasteiger partial charge >= 0.3 is 37.9 Å². The number of fused-ring (bicyclic) bond motifs is 4. The van der Waals surface area contributed by atoms with Crippen LogP contribution in [-0.2, 0) is 27.3 Å². The van der Waals surface area contributed by atoms with Crippen molar-refractivity contribution >= 4 is 47.7 Å². The molecule has 178 valence electrons. The van der Waals surface area contributed by atoms with Crippen LogP contribution in [0.5, 0.6) is 0 Å². The van der Waals surface area contributed by atoms with E-state index < -0.39 is 20.8 Å². The van der Waals surface area contributed by atoms with E-state index in [0.29, 0.717) is 0 Å². The molecule has 1 aliphatic heterocycles. The monoisotopic (exact) mass is 600 g/mol. The van der Waals surface area contributed by atoms with Gasteiger partial charge in [-0.1, -0.05) is 83.8 Å². The van der Waals surface area contributed by atoms with E-state index in [1.807, 2.05) is 6.07 Å². The van der Waals surface area contributed by atoms with Crippen molar-refractivity contribution < 1.29 is 20.8 Å². The molecule has 0 saturated heterocycles. The van der Waals surface area contributed by atoms with Crippen LogP contribution in [0.1, 0.15) is 30.0 Å². The molecule has 0 atom stereocenters. The van der Waals surface area contributed by atoms with E-state index in [1.165, 1.54) is 72.9 Å². The maximum absolute atomic E-state index is 4.93. The van der Waals surface area contributed by atoms with E-state index in [0.717, 1.165) is 9.52 Å². The van der Waals surface area contributed by atoms with Crippen molar-refractivity contribution in [2.45, 2.75) is 33.6 Å². The molecule has 0 aromatic heterocycles. The van der Waals surface area contributed by atoms with Gasteiger partial charge in [0, 0.05) is 0 Å². The Labute approximate surface area is 236 Å². The van der Waals surface area contributed by atoms with Gasteiger partial charge in [-0.2, -0.15) is 35.5 Å². The van der Waals surface area contributed by atoms with Crippen molar-refractivity contribution in [3.05, 3.63) is 114 Å². The smallest absolute Gasteiger partial charge is 0.0920 e. The van der Waals surface area contributed by atoms with Gasteiger partial charge in [0.15, 0.2) is 0 Å². The first-order valence-corrected chi connectivity index (χ1v) is 19.5. The number of benzene rings is 4. The Morgan fingerprint density at radius 3 is 2.28 bits per heavy atom. The molecule has 1 heterocycles. The van der Waals surface area contributed by atoms with E-state index in [1.54, 1.807) is 0 Å². The Morgan fingerprint density at radius 1 is 0.833 bits per heavy atom. The second-order valence-electron chi connectivity index (χ2n) is 8.89. The summed E-state index contributed by atoms with van der Waals surface area (Å²) in [4.78, 5) is 0. The molecule has 6 rings (SSSR count). The first kappa shape index (κ1) is 27.2. The van der Waals surface area contributed by atoms with Crippen LogP contribution in [-0.4, -0.2) is 9.52 Å². The van der Waals surface area contributed by atoms with Crippen LogP contribution >= 0.6 is 17.0 Å². The van der Waals surface area contributed by atoms with E-state index in [2.05, 4.69) is 112 Å². The average molecular weight is 603 g/mol. The third kappa shape index (κ3) is 6.17. The van der Waals surface area contributed by atoms with Crippen LogP contribution in [0.3, 0.4) is 0 Å². The second-order valence-corrected chi connectivity index (χ2v) is 13.9. The zero-order chi connectivity index (χ0) is 25.5.